The van der Waals surface area contributed by atoms with E-state index < -0.39 is 12.1 Å². The first-order valence-corrected chi connectivity index (χ1v) is 4.34. The highest BCUT2D eigenvalue weighted by Gasteiger charge is 2.21. The lowest BCUT2D eigenvalue weighted by Gasteiger charge is -2.26. The van der Waals surface area contributed by atoms with E-state index in [1.807, 2.05) is 0 Å². The Morgan fingerprint density at radius 1 is 1.50 bits per heavy atom. The van der Waals surface area contributed by atoms with Crippen molar-refractivity contribution in [2.75, 3.05) is 6.61 Å². The number of carbonyl (C=O) groups is 1. The minimum absolute atomic E-state index is 0.0447. The van der Waals surface area contributed by atoms with Crippen molar-refractivity contribution in [3.63, 3.8) is 0 Å². The van der Waals surface area contributed by atoms with Crippen molar-refractivity contribution in [3.8, 4) is 11.5 Å². The molecule has 0 aliphatic carbocycles. The van der Waals surface area contributed by atoms with Gasteiger partial charge in [0.25, 0.3) is 0 Å². The number of fused-ring (bicyclic) bond motifs is 1. The molecule has 74 valence electrons. The summed E-state index contributed by atoms with van der Waals surface area (Å²) in [5, 5.41) is 11.0. The average Bonchev–Trinajstić information content (AvgIpc) is 2.16. The van der Waals surface area contributed by atoms with Crippen molar-refractivity contribution in [2.45, 2.75) is 6.10 Å². The van der Waals surface area contributed by atoms with E-state index >= 15 is 0 Å². The van der Waals surface area contributed by atoms with Gasteiger partial charge in [-0.2, -0.15) is 0 Å². The molecule has 0 radical (unpaired) electrons. The number of hydrogen-bond donors (Lipinski definition) is 0. The number of carbonyl (C=O) groups excluding carboxylic acids is 1. The van der Waals surface area contributed by atoms with Crippen LogP contribution in [-0.4, -0.2) is 18.7 Å². The number of ether oxygens (including phenoxy) is 2. The molecule has 0 saturated carbocycles. The Labute approximate surface area is 85.0 Å². The van der Waals surface area contributed by atoms with Crippen LogP contribution in [-0.2, 0) is 4.79 Å². The maximum absolute atomic E-state index is 10.5. The van der Waals surface area contributed by atoms with E-state index in [0.29, 0.717) is 16.5 Å². The Kier molecular flexibility index (Phi) is 2.21. The van der Waals surface area contributed by atoms with Crippen molar-refractivity contribution >= 4 is 17.6 Å². The fourth-order valence-electron chi connectivity index (χ4n) is 1.16. The largest absolute Gasteiger partial charge is 0.546 e. The normalized spacial score (nSPS) is 19.1. The van der Waals surface area contributed by atoms with Crippen LogP contribution in [0.5, 0.6) is 11.5 Å². The van der Waals surface area contributed by atoms with Gasteiger partial charge in [0.1, 0.15) is 6.61 Å². The maximum Gasteiger partial charge on any atom is 0.172 e. The predicted octanol–water partition coefficient (Wildman–Crippen LogP) is 0.230. The molecule has 1 unspecified atom stereocenters. The molecule has 0 aromatic heterocycles. The summed E-state index contributed by atoms with van der Waals surface area (Å²) in [6, 6.07) is 4.78. The molecule has 1 aromatic carbocycles. The van der Waals surface area contributed by atoms with Gasteiger partial charge in [0.15, 0.2) is 17.6 Å². The van der Waals surface area contributed by atoms with E-state index in [1.165, 1.54) is 6.07 Å². The topological polar surface area (TPSA) is 58.6 Å². The molecule has 0 saturated heterocycles. The number of benzene rings is 1. The minimum atomic E-state index is -1.30. The molecular weight excluding hydrogens is 208 g/mol. The molecule has 14 heavy (non-hydrogen) atoms. The standard InChI is InChI=1S/C9H7ClO4/c10-5-1-2-6-7(3-5)14-8(4-13-6)9(11)12/h1-3,8H,4H2,(H,11,12)/p-1. The molecule has 0 amide bonds. The predicted molar refractivity (Wildman–Crippen MR) is 46.4 cm³/mol. The van der Waals surface area contributed by atoms with E-state index in [4.69, 9.17) is 21.1 Å². The first-order valence-electron chi connectivity index (χ1n) is 3.96. The smallest absolute Gasteiger partial charge is 0.172 e. The molecule has 2 rings (SSSR count). The van der Waals surface area contributed by atoms with Crippen LogP contribution < -0.4 is 14.6 Å². The first kappa shape index (κ1) is 9.15. The molecule has 1 aliphatic rings. The van der Waals surface area contributed by atoms with Gasteiger partial charge in [0.05, 0.1) is 5.97 Å². The van der Waals surface area contributed by atoms with Crippen LogP contribution in [0.25, 0.3) is 0 Å². The molecule has 5 heteroatoms. The molecule has 1 aromatic rings. The number of hydrogen-bond acceptors (Lipinski definition) is 4. The molecule has 1 heterocycles. The molecular formula is C9H6ClO4-. The molecule has 1 aliphatic heterocycles. The van der Waals surface area contributed by atoms with E-state index in [2.05, 4.69) is 0 Å². The van der Waals surface area contributed by atoms with Crippen LogP contribution in [0.1, 0.15) is 0 Å². The van der Waals surface area contributed by atoms with Gasteiger partial charge >= 0.3 is 0 Å². The van der Waals surface area contributed by atoms with Crippen molar-refractivity contribution in [1.82, 2.24) is 0 Å². The number of carboxylic acid groups (broad SMARTS) is 1. The molecule has 4 nitrogen and oxygen atoms in total. The number of aliphatic carboxylic acids is 1. The molecule has 0 spiro atoms. The molecule has 0 bridgehead atoms. The second-order valence-electron chi connectivity index (χ2n) is 2.83. The van der Waals surface area contributed by atoms with Crippen molar-refractivity contribution < 1.29 is 19.4 Å². The number of halogens is 1. The first-order chi connectivity index (χ1) is 6.66. The SMILES string of the molecule is O=C([O-])C1COc2ccc(Cl)cc2O1. The molecule has 1 atom stereocenters. The van der Waals surface area contributed by atoms with E-state index in [9.17, 15) is 9.90 Å². The Balaban J connectivity index is 2.29. The zero-order chi connectivity index (χ0) is 10.1. The summed E-state index contributed by atoms with van der Waals surface area (Å²) < 4.78 is 10.3. The fourth-order valence-corrected chi connectivity index (χ4v) is 1.32. The quantitative estimate of drug-likeness (QED) is 0.670. The van der Waals surface area contributed by atoms with Crippen LogP contribution in [0, 0.1) is 0 Å². The Morgan fingerprint density at radius 3 is 3.00 bits per heavy atom. The lowest BCUT2D eigenvalue weighted by Crippen LogP contribution is -2.45. The molecule has 0 N–H and O–H groups in total. The molecule has 0 fully saturated rings. The van der Waals surface area contributed by atoms with Gasteiger partial charge in [-0.05, 0) is 12.1 Å². The van der Waals surface area contributed by atoms with Gasteiger partial charge in [-0.15, -0.1) is 0 Å². The van der Waals surface area contributed by atoms with Crippen LogP contribution in [0.3, 0.4) is 0 Å². The van der Waals surface area contributed by atoms with Crippen LogP contribution >= 0.6 is 11.6 Å². The summed E-state index contributed by atoms with van der Waals surface area (Å²) in [5.41, 5.74) is 0. The highest BCUT2D eigenvalue weighted by Crippen LogP contribution is 2.33. The highest BCUT2D eigenvalue weighted by molar-refractivity contribution is 6.30. The van der Waals surface area contributed by atoms with Gasteiger partial charge < -0.3 is 19.4 Å². The summed E-state index contributed by atoms with van der Waals surface area (Å²) in [7, 11) is 0. The van der Waals surface area contributed by atoms with Crippen LogP contribution in [0.2, 0.25) is 5.02 Å². The Morgan fingerprint density at radius 2 is 2.29 bits per heavy atom. The third-order valence-corrected chi connectivity index (χ3v) is 2.06. The van der Waals surface area contributed by atoms with Crippen molar-refractivity contribution in [2.24, 2.45) is 0 Å². The summed E-state index contributed by atoms with van der Waals surface area (Å²) in [4.78, 5) is 10.5. The summed E-state index contributed by atoms with van der Waals surface area (Å²) in [6.07, 6.45) is -1.07. The monoisotopic (exact) mass is 213 g/mol. The van der Waals surface area contributed by atoms with E-state index in [0.717, 1.165) is 0 Å². The maximum atomic E-state index is 10.5. The third-order valence-electron chi connectivity index (χ3n) is 1.83. The average molecular weight is 214 g/mol. The van der Waals surface area contributed by atoms with Crippen molar-refractivity contribution in [3.05, 3.63) is 23.2 Å². The van der Waals surface area contributed by atoms with E-state index in [-0.39, 0.29) is 6.61 Å². The summed E-state index contributed by atoms with van der Waals surface area (Å²) >= 11 is 5.71. The lowest BCUT2D eigenvalue weighted by molar-refractivity contribution is -0.315. The van der Waals surface area contributed by atoms with Gasteiger partial charge in [-0.1, -0.05) is 11.6 Å². The Bertz CT molecular complexity index is 377. The number of rotatable bonds is 1. The fraction of sp³-hybridized carbons (Fsp3) is 0.222. The Hall–Kier alpha value is -1.42. The van der Waals surface area contributed by atoms with Gasteiger partial charge in [-0.3, -0.25) is 0 Å². The van der Waals surface area contributed by atoms with E-state index in [1.54, 1.807) is 12.1 Å². The van der Waals surface area contributed by atoms with Crippen molar-refractivity contribution in [1.29, 1.82) is 0 Å². The number of carboxylic acids is 1. The van der Waals surface area contributed by atoms with Gasteiger partial charge in [0.2, 0.25) is 0 Å². The van der Waals surface area contributed by atoms with Gasteiger partial charge in [0, 0.05) is 11.1 Å². The summed E-state index contributed by atoms with van der Waals surface area (Å²) in [6.45, 7) is -0.0447. The third kappa shape index (κ3) is 1.61. The minimum Gasteiger partial charge on any atom is -0.546 e. The van der Waals surface area contributed by atoms with Crippen LogP contribution in [0.4, 0.5) is 0 Å². The zero-order valence-electron chi connectivity index (χ0n) is 7.03. The second-order valence-corrected chi connectivity index (χ2v) is 3.26. The summed E-state index contributed by atoms with van der Waals surface area (Å²) in [5.74, 6) is -0.472. The second kappa shape index (κ2) is 3.38. The van der Waals surface area contributed by atoms with Crippen LogP contribution in [0.15, 0.2) is 18.2 Å². The van der Waals surface area contributed by atoms with Gasteiger partial charge in [-0.25, -0.2) is 0 Å². The zero-order valence-corrected chi connectivity index (χ0v) is 7.78. The lowest BCUT2D eigenvalue weighted by atomic mass is 10.2. The highest BCUT2D eigenvalue weighted by atomic mass is 35.5.